The highest BCUT2D eigenvalue weighted by atomic mass is 31.2. The van der Waals surface area contributed by atoms with Crippen LogP contribution in [0.1, 0.15) is 51.4 Å². The lowest BCUT2D eigenvalue weighted by molar-refractivity contribution is 0.114. The van der Waals surface area contributed by atoms with Crippen LogP contribution in [-0.4, -0.2) is 16.9 Å². The maximum Gasteiger partial charge on any atom is 0.146 e. The Morgan fingerprint density at radius 2 is 1.30 bits per heavy atom. The van der Waals surface area contributed by atoms with Crippen molar-refractivity contribution in [3.05, 3.63) is 60.7 Å². The van der Waals surface area contributed by atoms with Crippen molar-refractivity contribution in [1.82, 2.24) is 0 Å². The summed E-state index contributed by atoms with van der Waals surface area (Å²) >= 11 is 0. The molecule has 2 aliphatic rings. The molecule has 3 heteroatoms. The molecule has 2 aliphatic carbocycles. The molecule has 2 nitrogen and oxygen atoms in total. The third kappa shape index (κ3) is 3.67. The number of benzene rings is 2. The summed E-state index contributed by atoms with van der Waals surface area (Å²) in [6, 6.07) is 20.2. The van der Waals surface area contributed by atoms with E-state index >= 15 is 4.57 Å². The number of aliphatic hydroxyl groups is 1. The number of aliphatic hydroxyl groups excluding tert-OH is 1. The molecular weight excluding hydrogens is 351 g/mol. The smallest absolute Gasteiger partial charge is 0.146 e. The molecule has 0 aromatic heterocycles. The second-order valence-electron chi connectivity index (χ2n) is 8.38. The van der Waals surface area contributed by atoms with E-state index in [-0.39, 0.29) is 17.7 Å². The van der Waals surface area contributed by atoms with Crippen molar-refractivity contribution in [2.45, 2.75) is 63.1 Å². The first-order chi connectivity index (χ1) is 13.2. The maximum atomic E-state index is 15.0. The van der Waals surface area contributed by atoms with E-state index in [1.165, 1.54) is 19.3 Å². The van der Waals surface area contributed by atoms with Gasteiger partial charge in [-0.25, -0.2) is 0 Å². The molecule has 0 bridgehead atoms. The Morgan fingerprint density at radius 1 is 0.741 bits per heavy atom. The Morgan fingerprint density at radius 3 is 1.78 bits per heavy atom. The fourth-order valence-electron chi connectivity index (χ4n) is 5.55. The van der Waals surface area contributed by atoms with Gasteiger partial charge in [-0.15, -0.1) is 0 Å². The third-order valence-electron chi connectivity index (χ3n) is 6.80. The monoisotopic (exact) mass is 382 g/mol. The van der Waals surface area contributed by atoms with E-state index in [0.717, 1.165) is 42.7 Å². The Kier molecular flexibility index (Phi) is 5.85. The van der Waals surface area contributed by atoms with Crippen LogP contribution < -0.4 is 10.6 Å². The van der Waals surface area contributed by atoms with Gasteiger partial charge in [-0.3, -0.25) is 0 Å². The Hall–Kier alpha value is -1.37. The van der Waals surface area contributed by atoms with Gasteiger partial charge >= 0.3 is 0 Å². The van der Waals surface area contributed by atoms with Crippen molar-refractivity contribution in [3.63, 3.8) is 0 Å². The molecule has 1 N–H and O–H groups in total. The number of hydrogen-bond acceptors (Lipinski definition) is 2. The lowest BCUT2D eigenvalue weighted by atomic mass is 9.81. The first-order valence-corrected chi connectivity index (χ1v) is 12.4. The summed E-state index contributed by atoms with van der Waals surface area (Å²) in [5.74, 6) is 0.599. The molecule has 144 valence electrons. The molecule has 0 saturated heterocycles. The lowest BCUT2D eigenvalue weighted by Crippen LogP contribution is -2.40. The van der Waals surface area contributed by atoms with Crippen molar-refractivity contribution in [3.8, 4) is 0 Å². The van der Waals surface area contributed by atoms with E-state index in [9.17, 15) is 5.11 Å². The third-order valence-corrected chi connectivity index (χ3v) is 10.6. The van der Waals surface area contributed by atoms with Crippen LogP contribution in [0.5, 0.6) is 0 Å². The minimum atomic E-state index is -2.85. The van der Waals surface area contributed by atoms with E-state index in [2.05, 4.69) is 0 Å². The molecule has 0 amide bonds. The van der Waals surface area contributed by atoms with Gasteiger partial charge in [0.2, 0.25) is 0 Å². The maximum absolute atomic E-state index is 15.0. The van der Waals surface area contributed by atoms with Gasteiger partial charge in [0.05, 0.1) is 6.10 Å². The van der Waals surface area contributed by atoms with Crippen LogP contribution in [-0.2, 0) is 4.57 Å². The Labute approximate surface area is 163 Å². The molecule has 0 aliphatic heterocycles. The predicted molar refractivity (Wildman–Crippen MR) is 113 cm³/mol. The van der Waals surface area contributed by atoms with E-state index in [1.807, 2.05) is 60.7 Å². The summed E-state index contributed by atoms with van der Waals surface area (Å²) < 4.78 is 15.0. The van der Waals surface area contributed by atoms with E-state index in [4.69, 9.17) is 0 Å². The van der Waals surface area contributed by atoms with Crippen LogP contribution in [0.15, 0.2) is 60.7 Å². The van der Waals surface area contributed by atoms with Crippen LogP contribution >= 0.6 is 7.14 Å². The second kappa shape index (κ2) is 8.33. The van der Waals surface area contributed by atoms with Crippen LogP contribution in [0.25, 0.3) is 0 Å². The van der Waals surface area contributed by atoms with E-state index in [1.54, 1.807) is 0 Å². The average molecular weight is 382 g/mol. The van der Waals surface area contributed by atoms with Crippen molar-refractivity contribution < 1.29 is 9.67 Å². The topological polar surface area (TPSA) is 37.3 Å². The molecule has 4 rings (SSSR count). The van der Waals surface area contributed by atoms with Gasteiger partial charge in [0.1, 0.15) is 7.14 Å². The standard InChI is InChI=1S/C24H31O2P/c25-23-18-10-17-22(23)24(19-11-4-1-5-12-19)27(26,20-13-6-2-7-14-20)21-15-8-3-9-16-21/h2-3,6-9,13-16,19,22-25H,1,4-5,10-12,17-18H2/t22-,23-,24?/m0/s1. The largest absolute Gasteiger partial charge is 0.393 e. The zero-order valence-corrected chi connectivity index (χ0v) is 16.9. The first-order valence-electron chi connectivity index (χ1n) is 10.6. The molecule has 0 radical (unpaired) electrons. The van der Waals surface area contributed by atoms with Gasteiger partial charge in [-0.2, -0.15) is 0 Å². The molecular formula is C24H31O2P. The summed E-state index contributed by atoms with van der Waals surface area (Å²) in [4.78, 5) is 0. The van der Waals surface area contributed by atoms with Crippen molar-refractivity contribution >= 4 is 17.8 Å². The Balaban J connectivity index is 1.87. The molecule has 0 spiro atoms. The highest BCUT2D eigenvalue weighted by molar-refractivity contribution is 7.79. The predicted octanol–water partition coefficient (Wildman–Crippen LogP) is 5.11. The first kappa shape index (κ1) is 19.0. The average Bonchev–Trinajstić information content (AvgIpc) is 3.15. The van der Waals surface area contributed by atoms with Gasteiger partial charge in [0, 0.05) is 16.3 Å². The molecule has 0 heterocycles. The molecule has 2 fully saturated rings. The molecule has 27 heavy (non-hydrogen) atoms. The van der Waals surface area contributed by atoms with Gasteiger partial charge in [0.15, 0.2) is 0 Å². The Bertz CT molecular complexity index is 724. The summed E-state index contributed by atoms with van der Waals surface area (Å²) in [6.07, 6.45) is 8.66. The van der Waals surface area contributed by atoms with Gasteiger partial charge in [-0.1, -0.05) is 86.3 Å². The second-order valence-corrected chi connectivity index (χ2v) is 11.3. The fourth-order valence-corrected chi connectivity index (χ4v) is 9.55. The van der Waals surface area contributed by atoms with Crippen LogP contribution in [0.3, 0.4) is 0 Å². The zero-order valence-electron chi connectivity index (χ0n) is 16.0. The molecule has 2 aromatic carbocycles. The summed E-state index contributed by atoms with van der Waals surface area (Å²) in [6.45, 7) is 0. The van der Waals surface area contributed by atoms with Crippen LogP contribution in [0.4, 0.5) is 0 Å². The molecule has 1 unspecified atom stereocenters. The van der Waals surface area contributed by atoms with Crippen molar-refractivity contribution in [2.24, 2.45) is 11.8 Å². The van der Waals surface area contributed by atoms with Crippen LogP contribution in [0.2, 0.25) is 0 Å². The molecule has 2 saturated carbocycles. The number of hydrogen-bond donors (Lipinski definition) is 1. The zero-order chi connectivity index (χ0) is 18.7. The number of rotatable bonds is 5. The van der Waals surface area contributed by atoms with Crippen molar-refractivity contribution in [2.75, 3.05) is 0 Å². The van der Waals surface area contributed by atoms with Gasteiger partial charge in [0.25, 0.3) is 0 Å². The summed E-state index contributed by atoms with van der Waals surface area (Å²) in [7, 11) is -2.85. The normalized spacial score (nSPS) is 25.4. The summed E-state index contributed by atoms with van der Waals surface area (Å²) in [5.41, 5.74) is 0.0556. The van der Waals surface area contributed by atoms with Gasteiger partial charge < -0.3 is 9.67 Å². The van der Waals surface area contributed by atoms with Crippen molar-refractivity contribution in [1.29, 1.82) is 0 Å². The lowest BCUT2D eigenvalue weighted by Gasteiger charge is -2.41. The fraction of sp³-hybridized carbons (Fsp3) is 0.500. The minimum absolute atomic E-state index is 0.0556. The van der Waals surface area contributed by atoms with Gasteiger partial charge in [-0.05, 0) is 37.5 Å². The molecule has 3 atom stereocenters. The summed E-state index contributed by atoms with van der Waals surface area (Å²) in [5, 5.41) is 12.8. The SMILES string of the molecule is O=P(c1ccccc1)(c1ccccc1)C(C1CCCCC1)[C@H]1CCC[C@@H]1O. The molecule has 2 aromatic rings. The minimum Gasteiger partial charge on any atom is -0.393 e. The quantitative estimate of drug-likeness (QED) is 0.730. The van der Waals surface area contributed by atoms with E-state index < -0.39 is 7.14 Å². The van der Waals surface area contributed by atoms with Crippen LogP contribution in [0, 0.1) is 11.8 Å². The van der Waals surface area contributed by atoms with E-state index in [0.29, 0.717) is 5.92 Å². The highest BCUT2D eigenvalue weighted by Crippen LogP contribution is 2.59. The highest BCUT2D eigenvalue weighted by Gasteiger charge is 2.48.